The maximum atomic E-state index is 13.8. The molecule has 4 saturated carbocycles. The third-order valence-corrected chi connectivity index (χ3v) is 15.2. The Kier molecular flexibility index (Phi) is 11.6. The van der Waals surface area contributed by atoms with E-state index in [2.05, 4.69) is 22.1 Å². The highest BCUT2D eigenvalue weighted by Gasteiger charge is 2.49. The van der Waals surface area contributed by atoms with Crippen molar-refractivity contribution in [3.05, 3.63) is 153 Å². The molecule has 0 atom stereocenters. The number of carbonyl (C=O) groups excluding carboxylic acids is 2. The minimum atomic E-state index is -0.204. The molecule has 2 spiro atoms. The van der Waals surface area contributed by atoms with E-state index in [-0.39, 0.29) is 23.5 Å². The van der Waals surface area contributed by atoms with Crippen LogP contribution in [-0.4, -0.2) is 21.5 Å². The molecule has 0 N–H and O–H groups in total. The first-order valence-corrected chi connectivity index (χ1v) is 22.4. The predicted molar refractivity (Wildman–Crippen MR) is 236 cm³/mol. The SMILES string of the molecule is O=C(Cc1ccc(Cl)cc1)C1CC2(CCC(c3ccnc4ccc(F)cc34)CC2)C1.O=C(Cc1ccc(Cl)cc1)C1CC2(CCC(c3ccnc4ccc(F)cc34)CC2)C1. The summed E-state index contributed by atoms with van der Waals surface area (Å²) in [5, 5.41) is 3.30. The van der Waals surface area contributed by atoms with Crippen molar-refractivity contribution in [1.82, 2.24) is 9.97 Å². The van der Waals surface area contributed by atoms with E-state index in [0.717, 1.165) is 110 Å². The fourth-order valence-electron chi connectivity index (χ4n) is 11.2. The molecule has 4 aromatic carbocycles. The van der Waals surface area contributed by atoms with E-state index >= 15 is 0 Å². The number of pyridine rings is 2. The van der Waals surface area contributed by atoms with Crippen molar-refractivity contribution < 1.29 is 18.4 Å². The number of nitrogens with zero attached hydrogens (tertiary/aromatic N) is 2. The first-order valence-electron chi connectivity index (χ1n) is 21.7. The van der Waals surface area contributed by atoms with Gasteiger partial charge in [-0.25, -0.2) is 8.78 Å². The molecule has 4 aliphatic rings. The Morgan fingerprint density at radius 1 is 0.533 bits per heavy atom. The summed E-state index contributed by atoms with van der Waals surface area (Å²) in [7, 11) is 0. The molecular weight excluding hydrogens is 793 g/mol. The summed E-state index contributed by atoms with van der Waals surface area (Å²) in [6.45, 7) is 0. The second kappa shape index (κ2) is 17.1. The maximum Gasteiger partial charge on any atom is 0.140 e. The zero-order valence-electron chi connectivity index (χ0n) is 33.8. The zero-order valence-corrected chi connectivity index (χ0v) is 35.3. The number of halogens is 4. The number of hydrogen-bond acceptors (Lipinski definition) is 4. The van der Waals surface area contributed by atoms with Crippen LogP contribution in [0.15, 0.2) is 109 Å². The molecule has 0 aliphatic heterocycles. The second-order valence-corrected chi connectivity index (χ2v) is 19.3. The highest BCUT2D eigenvalue weighted by Crippen LogP contribution is 2.59. The average Bonchev–Trinajstić information content (AvgIpc) is 3.23. The number of aromatic nitrogens is 2. The number of carbonyl (C=O) groups is 2. The van der Waals surface area contributed by atoms with Crippen LogP contribution in [-0.2, 0) is 22.4 Å². The minimum absolute atomic E-state index is 0.202. The maximum absolute atomic E-state index is 13.8. The third-order valence-electron chi connectivity index (χ3n) is 14.7. The van der Waals surface area contributed by atoms with E-state index in [4.69, 9.17) is 23.2 Å². The van der Waals surface area contributed by atoms with E-state index in [0.29, 0.717) is 57.1 Å². The summed E-state index contributed by atoms with van der Waals surface area (Å²) in [6, 6.07) is 29.0. The van der Waals surface area contributed by atoms with Gasteiger partial charge in [0.2, 0.25) is 0 Å². The van der Waals surface area contributed by atoms with E-state index in [1.165, 1.54) is 23.3 Å². The van der Waals surface area contributed by atoms with E-state index in [1.807, 2.05) is 60.9 Å². The van der Waals surface area contributed by atoms with Crippen molar-refractivity contribution in [3.8, 4) is 0 Å². The summed E-state index contributed by atoms with van der Waals surface area (Å²) in [4.78, 5) is 34.2. The molecule has 0 saturated heterocycles. The molecule has 0 radical (unpaired) electrons. The second-order valence-electron chi connectivity index (χ2n) is 18.4. The van der Waals surface area contributed by atoms with Crippen LogP contribution in [0, 0.1) is 34.3 Å². The Morgan fingerprint density at radius 2 is 0.900 bits per heavy atom. The summed E-state index contributed by atoms with van der Waals surface area (Å²) >= 11 is 11.9. The van der Waals surface area contributed by atoms with Crippen LogP contribution in [0.2, 0.25) is 10.0 Å². The molecule has 0 bridgehead atoms. The summed E-state index contributed by atoms with van der Waals surface area (Å²) in [6.07, 6.45) is 17.8. The number of fused-ring (bicyclic) bond motifs is 2. The number of benzene rings is 4. The van der Waals surface area contributed by atoms with Gasteiger partial charge < -0.3 is 0 Å². The first kappa shape index (κ1) is 40.9. The van der Waals surface area contributed by atoms with Crippen LogP contribution in [0.5, 0.6) is 0 Å². The fourth-order valence-corrected chi connectivity index (χ4v) is 11.5. The lowest BCUT2D eigenvalue weighted by Gasteiger charge is -2.51. The van der Waals surface area contributed by atoms with Crippen molar-refractivity contribution in [2.24, 2.45) is 22.7 Å². The molecule has 308 valence electrons. The lowest BCUT2D eigenvalue weighted by molar-refractivity contribution is -0.132. The number of Topliss-reactive ketones (excluding diaryl/α,β-unsaturated/α-hetero) is 2. The summed E-state index contributed by atoms with van der Waals surface area (Å²) < 4.78 is 27.6. The molecule has 8 heteroatoms. The van der Waals surface area contributed by atoms with Crippen LogP contribution >= 0.6 is 23.2 Å². The van der Waals surface area contributed by atoms with Crippen LogP contribution in [0.3, 0.4) is 0 Å². The van der Waals surface area contributed by atoms with Crippen molar-refractivity contribution in [3.63, 3.8) is 0 Å². The van der Waals surface area contributed by atoms with Crippen molar-refractivity contribution >= 4 is 56.6 Å². The Labute approximate surface area is 361 Å². The molecular formula is C52H50Cl2F2N2O2. The van der Waals surface area contributed by atoms with E-state index in [1.54, 1.807) is 24.3 Å². The summed E-state index contributed by atoms with van der Waals surface area (Å²) in [5.41, 5.74) is 6.96. The molecule has 10 rings (SSSR count). The van der Waals surface area contributed by atoms with Crippen LogP contribution in [0.1, 0.15) is 111 Å². The topological polar surface area (TPSA) is 59.9 Å². The molecule has 2 aromatic heterocycles. The predicted octanol–water partition coefficient (Wildman–Crippen LogP) is 13.8. The van der Waals surface area contributed by atoms with E-state index < -0.39 is 0 Å². The van der Waals surface area contributed by atoms with Gasteiger partial charge >= 0.3 is 0 Å². The average molecular weight is 844 g/mol. The molecule has 60 heavy (non-hydrogen) atoms. The monoisotopic (exact) mass is 842 g/mol. The van der Waals surface area contributed by atoms with Gasteiger partial charge in [-0.3, -0.25) is 19.6 Å². The standard InChI is InChI=1S/2C26H25ClFNO/c2*27-20-3-1-17(2-4-20)13-25(30)19-15-26(16-19)10-7-18(8-11-26)22-9-12-29-24-6-5-21(28)14-23(22)24/h2*1-6,9,12,14,18-19H,7-8,10-11,13,15-16H2. The lowest BCUT2D eigenvalue weighted by Crippen LogP contribution is -2.43. The largest absolute Gasteiger partial charge is 0.299 e. The van der Waals surface area contributed by atoms with Gasteiger partial charge in [0.1, 0.15) is 23.2 Å². The number of ketones is 2. The van der Waals surface area contributed by atoms with Crippen molar-refractivity contribution in [2.75, 3.05) is 0 Å². The molecule has 4 fully saturated rings. The van der Waals surface area contributed by atoms with Gasteiger partial charge in [-0.1, -0.05) is 47.5 Å². The molecule has 0 amide bonds. The Hall–Kier alpha value is -4.52. The van der Waals surface area contributed by atoms with Gasteiger partial charge in [0, 0.05) is 57.9 Å². The summed E-state index contributed by atoms with van der Waals surface area (Å²) in [5.74, 6) is 1.62. The Morgan fingerprint density at radius 3 is 1.27 bits per heavy atom. The van der Waals surface area contributed by atoms with Gasteiger partial charge in [0.25, 0.3) is 0 Å². The molecule has 4 nitrogen and oxygen atoms in total. The van der Waals surface area contributed by atoms with Gasteiger partial charge in [-0.05, 0) is 195 Å². The smallest absolute Gasteiger partial charge is 0.140 e. The van der Waals surface area contributed by atoms with Crippen molar-refractivity contribution in [2.45, 2.75) is 102 Å². The van der Waals surface area contributed by atoms with E-state index in [9.17, 15) is 18.4 Å². The zero-order chi connectivity index (χ0) is 41.4. The van der Waals surface area contributed by atoms with Crippen LogP contribution < -0.4 is 0 Å². The van der Waals surface area contributed by atoms with Gasteiger partial charge in [-0.2, -0.15) is 0 Å². The lowest BCUT2D eigenvalue weighted by atomic mass is 9.53. The quantitative estimate of drug-likeness (QED) is 0.153. The van der Waals surface area contributed by atoms with Gasteiger partial charge in [0.15, 0.2) is 0 Å². The van der Waals surface area contributed by atoms with Crippen molar-refractivity contribution in [1.29, 1.82) is 0 Å². The first-order chi connectivity index (χ1) is 29.0. The molecule has 4 aliphatic carbocycles. The van der Waals surface area contributed by atoms with Gasteiger partial charge in [-0.15, -0.1) is 0 Å². The molecule has 2 heterocycles. The Balaban J connectivity index is 0.000000154. The fraction of sp³-hybridized carbons (Fsp3) is 0.385. The van der Waals surface area contributed by atoms with Gasteiger partial charge in [0.05, 0.1) is 11.0 Å². The highest BCUT2D eigenvalue weighted by atomic mass is 35.5. The minimum Gasteiger partial charge on any atom is -0.299 e. The molecule has 6 aromatic rings. The number of hydrogen-bond donors (Lipinski definition) is 0. The normalized spacial score (nSPS) is 25.9. The molecule has 0 unspecified atom stereocenters. The van der Waals surface area contributed by atoms with Crippen LogP contribution in [0.25, 0.3) is 21.8 Å². The Bertz CT molecular complexity index is 2330. The van der Waals surface area contributed by atoms with Crippen LogP contribution in [0.4, 0.5) is 8.78 Å². The highest BCUT2D eigenvalue weighted by molar-refractivity contribution is 6.30. The number of rotatable bonds is 8. The third kappa shape index (κ3) is 8.79.